The van der Waals surface area contributed by atoms with Gasteiger partial charge in [-0.05, 0) is 6.42 Å². The molecule has 1 aliphatic rings. The van der Waals surface area contributed by atoms with E-state index in [0.29, 0.717) is 29.3 Å². The fourth-order valence-corrected chi connectivity index (χ4v) is 2.21. The van der Waals surface area contributed by atoms with E-state index in [9.17, 15) is 4.79 Å². The molecule has 0 aliphatic carbocycles. The zero-order valence-electron chi connectivity index (χ0n) is 8.93. The molecule has 2 aromatic heterocycles. The Morgan fingerprint density at radius 2 is 2.35 bits per heavy atom. The summed E-state index contributed by atoms with van der Waals surface area (Å²) in [6.07, 6.45) is 4.52. The lowest BCUT2D eigenvalue weighted by Gasteiger charge is -2.10. The Hall–Kier alpha value is -1.69. The molecule has 7 heteroatoms. The quantitative estimate of drug-likeness (QED) is 0.800. The number of fused-ring (bicyclic) bond motifs is 1. The van der Waals surface area contributed by atoms with Crippen molar-refractivity contribution in [2.45, 2.75) is 25.4 Å². The van der Waals surface area contributed by atoms with Crippen LogP contribution in [0.15, 0.2) is 12.7 Å². The molecular formula is C10H10ClN5O. The summed E-state index contributed by atoms with van der Waals surface area (Å²) in [6, 6.07) is 0.147. The molecule has 1 atom stereocenters. The molecule has 17 heavy (non-hydrogen) atoms. The minimum absolute atomic E-state index is 0.104. The van der Waals surface area contributed by atoms with Crippen molar-refractivity contribution in [3.8, 4) is 0 Å². The van der Waals surface area contributed by atoms with Crippen molar-refractivity contribution in [3.05, 3.63) is 17.8 Å². The van der Waals surface area contributed by atoms with Crippen LogP contribution >= 0.6 is 11.6 Å². The van der Waals surface area contributed by atoms with Gasteiger partial charge in [-0.3, -0.25) is 4.79 Å². The van der Waals surface area contributed by atoms with E-state index in [-0.39, 0.29) is 11.9 Å². The highest BCUT2D eigenvalue weighted by Gasteiger charge is 2.22. The second-order valence-electron chi connectivity index (χ2n) is 4.04. The highest BCUT2D eigenvalue weighted by atomic mass is 35.5. The number of carbonyl (C=O) groups is 1. The maximum atomic E-state index is 11.1. The van der Waals surface area contributed by atoms with Crippen LogP contribution in [0, 0.1) is 0 Å². The second kappa shape index (κ2) is 3.96. The zero-order valence-corrected chi connectivity index (χ0v) is 9.68. The Balaban J connectivity index is 1.91. The van der Waals surface area contributed by atoms with Gasteiger partial charge in [-0.1, -0.05) is 11.6 Å². The standard InChI is InChI=1S/C10H10ClN5O/c11-9-8-10(13-4-12-9)16(5-14-8)3-6-1-2-7(17)15-6/h4-6H,1-3H2,(H,15,17)/t6-/m0/s1. The molecule has 6 nitrogen and oxygen atoms in total. The fourth-order valence-electron chi connectivity index (χ4n) is 2.04. The molecule has 1 amide bonds. The van der Waals surface area contributed by atoms with Gasteiger partial charge in [-0.15, -0.1) is 0 Å². The smallest absolute Gasteiger partial charge is 0.220 e. The Labute approximate surface area is 102 Å². The Bertz CT molecular complexity index is 581. The summed E-state index contributed by atoms with van der Waals surface area (Å²) in [5, 5.41) is 3.26. The van der Waals surface area contributed by atoms with E-state index < -0.39 is 0 Å². The molecule has 3 heterocycles. The van der Waals surface area contributed by atoms with Crippen molar-refractivity contribution in [3.63, 3.8) is 0 Å². The normalized spacial score (nSPS) is 19.8. The van der Waals surface area contributed by atoms with E-state index in [2.05, 4.69) is 20.3 Å². The molecule has 0 aromatic carbocycles. The molecule has 0 radical (unpaired) electrons. The van der Waals surface area contributed by atoms with Crippen molar-refractivity contribution in [1.29, 1.82) is 0 Å². The summed E-state index contributed by atoms with van der Waals surface area (Å²) in [4.78, 5) is 23.3. The maximum absolute atomic E-state index is 11.1. The maximum Gasteiger partial charge on any atom is 0.220 e. The second-order valence-corrected chi connectivity index (χ2v) is 4.39. The van der Waals surface area contributed by atoms with Crippen molar-refractivity contribution in [2.75, 3.05) is 0 Å². The number of carbonyl (C=O) groups excluding carboxylic acids is 1. The summed E-state index contributed by atoms with van der Waals surface area (Å²) in [5.41, 5.74) is 1.30. The number of hydrogen-bond acceptors (Lipinski definition) is 4. The third-order valence-corrected chi connectivity index (χ3v) is 3.14. The first-order valence-electron chi connectivity index (χ1n) is 5.35. The van der Waals surface area contributed by atoms with Crippen LogP contribution in [0.25, 0.3) is 11.2 Å². The van der Waals surface area contributed by atoms with Crippen molar-refractivity contribution in [1.82, 2.24) is 24.8 Å². The van der Waals surface area contributed by atoms with Crippen LogP contribution in [0.5, 0.6) is 0 Å². The van der Waals surface area contributed by atoms with Crippen LogP contribution in [-0.2, 0) is 11.3 Å². The molecule has 0 spiro atoms. The minimum atomic E-state index is 0.104. The van der Waals surface area contributed by atoms with Crippen LogP contribution in [0.2, 0.25) is 5.15 Å². The molecule has 1 saturated heterocycles. The SMILES string of the molecule is O=C1CC[C@@H](Cn2cnc3c(Cl)ncnc32)N1. The minimum Gasteiger partial charge on any atom is -0.352 e. The monoisotopic (exact) mass is 251 g/mol. The number of halogens is 1. The van der Waals surface area contributed by atoms with E-state index in [0.717, 1.165) is 6.42 Å². The van der Waals surface area contributed by atoms with Gasteiger partial charge in [0.25, 0.3) is 0 Å². The van der Waals surface area contributed by atoms with Crippen LogP contribution < -0.4 is 5.32 Å². The lowest BCUT2D eigenvalue weighted by Crippen LogP contribution is -2.29. The van der Waals surface area contributed by atoms with E-state index in [4.69, 9.17) is 11.6 Å². The molecule has 0 bridgehead atoms. The topological polar surface area (TPSA) is 72.7 Å². The Morgan fingerprint density at radius 3 is 3.12 bits per heavy atom. The molecular weight excluding hydrogens is 242 g/mol. The Morgan fingerprint density at radius 1 is 1.47 bits per heavy atom. The summed E-state index contributed by atoms with van der Waals surface area (Å²) < 4.78 is 1.89. The molecule has 0 unspecified atom stereocenters. The van der Waals surface area contributed by atoms with Gasteiger partial charge in [0.1, 0.15) is 11.8 Å². The summed E-state index contributed by atoms with van der Waals surface area (Å²) >= 11 is 5.91. The molecule has 88 valence electrons. The molecule has 0 saturated carbocycles. The first-order chi connectivity index (χ1) is 8.24. The highest BCUT2D eigenvalue weighted by Crippen LogP contribution is 2.18. The lowest BCUT2D eigenvalue weighted by atomic mass is 10.2. The number of aromatic nitrogens is 4. The number of hydrogen-bond donors (Lipinski definition) is 1. The number of nitrogens with one attached hydrogen (secondary N) is 1. The largest absolute Gasteiger partial charge is 0.352 e. The van der Waals surface area contributed by atoms with Gasteiger partial charge in [0.2, 0.25) is 5.91 Å². The van der Waals surface area contributed by atoms with Crippen molar-refractivity contribution < 1.29 is 4.79 Å². The number of amides is 1. The average molecular weight is 252 g/mol. The van der Waals surface area contributed by atoms with Gasteiger partial charge in [0.15, 0.2) is 10.8 Å². The summed E-state index contributed by atoms with van der Waals surface area (Å²) in [5.74, 6) is 0.104. The lowest BCUT2D eigenvalue weighted by molar-refractivity contribution is -0.119. The van der Waals surface area contributed by atoms with Crippen molar-refractivity contribution >= 4 is 28.7 Å². The number of rotatable bonds is 2. The molecule has 2 aromatic rings. The fraction of sp³-hybridized carbons (Fsp3) is 0.400. The van der Waals surface area contributed by atoms with Gasteiger partial charge in [-0.25, -0.2) is 15.0 Å². The zero-order chi connectivity index (χ0) is 11.8. The van der Waals surface area contributed by atoms with E-state index in [1.807, 2.05) is 4.57 Å². The van der Waals surface area contributed by atoms with Crippen LogP contribution in [0.4, 0.5) is 0 Å². The molecule has 1 aliphatic heterocycles. The van der Waals surface area contributed by atoms with Crippen molar-refractivity contribution in [2.24, 2.45) is 0 Å². The third-order valence-electron chi connectivity index (χ3n) is 2.86. The highest BCUT2D eigenvalue weighted by molar-refractivity contribution is 6.33. The predicted molar refractivity (Wildman–Crippen MR) is 61.5 cm³/mol. The first-order valence-corrected chi connectivity index (χ1v) is 5.72. The van der Waals surface area contributed by atoms with Gasteiger partial charge in [-0.2, -0.15) is 0 Å². The van der Waals surface area contributed by atoms with E-state index in [1.54, 1.807) is 6.33 Å². The van der Waals surface area contributed by atoms with E-state index >= 15 is 0 Å². The average Bonchev–Trinajstić information content (AvgIpc) is 2.88. The van der Waals surface area contributed by atoms with Crippen LogP contribution in [0.3, 0.4) is 0 Å². The van der Waals surface area contributed by atoms with Crippen LogP contribution in [0.1, 0.15) is 12.8 Å². The number of imidazole rings is 1. The number of nitrogens with zero attached hydrogens (tertiary/aromatic N) is 4. The molecule has 1 N–H and O–H groups in total. The Kier molecular flexibility index (Phi) is 2.44. The van der Waals surface area contributed by atoms with E-state index in [1.165, 1.54) is 6.33 Å². The van der Waals surface area contributed by atoms with Gasteiger partial charge in [0.05, 0.1) is 6.33 Å². The summed E-state index contributed by atoms with van der Waals surface area (Å²) in [7, 11) is 0. The van der Waals surface area contributed by atoms with Gasteiger partial charge in [0, 0.05) is 19.0 Å². The molecule has 3 rings (SSSR count). The first kappa shape index (κ1) is 10.5. The molecule has 1 fully saturated rings. The predicted octanol–water partition coefficient (Wildman–Crippen LogP) is 0.758. The van der Waals surface area contributed by atoms with Gasteiger partial charge >= 0.3 is 0 Å². The van der Waals surface area contributed by atoms with Crippen LogP contribution in [-0.4, -0.2) is 31.5 Å². The third kappa shape index (κ3) is 1.84. The van der Waals surface area contributed by atoms with Gasteiger partial charge < -0.3 is 9.88 Å². The summed E-state index contributed by atoms with van der Waals surface area (Å²) in [6.45, 7) is 0.662.